The molecular weight excluding hydrogens is 351 g/mol. The fraction of sp³-hybridized carbons (Fsp3) is 0.538. The van der Waals surface area contributed by atoms with Crippen LogP contribution in [0.2, 0.25) is 5.02 Å². The van der Waals surface area contributed by atoms with Gasteiger partial charge in [-0.2, -0.15) is 0 Å². The monoisotopic (exact) mass is 366 g/mol. The molecule has 0 bridgehead atoms. The largest absolute Gasteiger partial charge is 0.0891 e. The minimum absolute atomic E-state index is 0.659. The zero-order chi connectivity index (χ0) is 12.0. The van der Waals surface area contributed by atoms with Crippen LogP contribution in [0.1, 0.15) is 38.2 Å². The lowest BCUT2D eigenvalue weighted by Crippen LogP contribution is -1.98. The van der Waals surface area contributed by atoms with Crippen LogP contribution in [0.4, 0.5) is 0 Å². The van der Waals surface area contributed by atoms with Crippen LogP contribution in [0.25, 0.3) is 0 Å². The van der Waals surface area contributed by atoms with Crippen LogP contribution in [0.3, 0.4) is 0 Å². The summed E-state index contributed by atoms with van der Waals surface area (Å²) in [6.45, 7) is 2.22. The molecule has 1 rings (SSSR count). The molecule has 1 aromatic carbocycles. The van der Waals surface area contributed by atoms with Crippen molar-refractivity contribution in [2.75, 3.05) is 0 Å². The lowest BCUT2D eigenvalue weighted by atomic mass is 10.1. The van der Waals surface area contributed by atoms with Crippen LogP contribution in [0, 0.1) is 0 Å². The fourth-order valence-corrected chi connectivity index (χ4v) is 3.25. The smallest absolute Gasteiger partial charge is 0.0449 e. The van der Waals surface area contributed by atoms with Crippen LogP contribution in [-0.4, -0.2) is 4.83 Å². The Labute approximate surface area is 120 Å². The molecule has 0 heterocycles. The number of rotatable bonds is 6. The molecule has 16 heavy (non-hydrogen) atoms. The highest BCUT2D eigenvalue weighted by Crippen LogP contribution is 2.24. The molecule has 0 saturated carbocycles. The lowest BCUT2D eigenvalue weighted by Gasteiger charge is -2.09. The lowest BCUT2D eigenvalue weighted by molar-refractivity contribution is 0.655. The summed E-state index contributed by atoms with van der Waals surface area (Å²) < 4.78 is 1.05. The molecule has 1 aromatic rings. The van der Waals surface area contributed by atoms with E-state index in [0.29, 0.717) is 4.83 Å². The van der Waals surface area contributed by atoms with E-state index >= 15 is 0 Å². The molecule has 0 N–H and O–H groups in total. The molecule has 0 aromatic heterocycles. The molecule has 0 nitrogen and oxygen atoms in total. The van der Waals surface area contributed by atoms with Crippen molar-refractivity contribution in [1.29, 1.82) is 0 Å². The van der Waals surface area contributed by atoms with Gasteiger partial charge in [-0.15, -0.1) is 0 Å². The average Bonchev–Trinajstić information content (AvgIpc) is 2.22. The maximum atomic E-state index is 6.16. The van der Waals surface area contributed by atoms with Gasteiger partial charge in [-0.05, 0) is 43.4 Å². The Balaban J connectivity index is 2.37. The van der Waals surface area contributed by atoms with Crippen molar-refractivity contribution in [2.24, 2.45) is 0 Å². The molecule has 0 aliphatic heterocycles. The second-order valence-corrected chi connectivity index (χ2v) is 6.63. The Morgan fingerprint density at radius 2 is 2.06 bits per heavy atom. The number of hydrogen-bond donors (Lipinski definition) is 0. The normalized spacial score (nSPS) is 12.8. The molecular formula is C13H17Br2Cl. The van der Waals surface area contributed by atoms with Crippen molar-refractivity contribution in [1.82, 2.24) is 0 Å². The minimum atomic E-state index is 0.659. The van der Waals surface area contributed by atoms with Gasteiger partial charge in [0.25, 0.3) is 0 Å². The molecule has 0 amide bonds. The molecule has 0 aliphatic rings. The highest BCUT2D eigenvalue weighted by Gasteiger charge is 2.05. The molecule has 3 heteroatoms. The van der Waals surface area contributed by atoms with Crippen molar-refractivity contribution < 1.29 is 0 Å². The zero-order valence-corrected chi connectivity index (χ0v) is 13.4. The third kappa shape index (κ3) is 5.20. The third-order valence-corrected chi connectivity index (χ3v) is 4.34. The first-order valence-corrected chi connectivity index (χ1v) is 7.80. The molecule has 0 saturated heterocycles. The summed E-state index contributed by atoms with van der Waals surface area (Å²) in [7, 11) is 0. The standard InChI is InChI=1S/C13H17Br2Cl/c1-2-4-11(14)6-3-5-10-7-8-12(15)9-13(10)16/h7-9,11H,2-6H2,1H3. The van der Waals surface area contributed by atoms with Crippen LogP contribution >= 0.6 is 43.5 Å². The van der Waals surface area contributed by atoms with E-state index < -0.39 is 0 Å². The van der Waals surface area contributed by atoms with Crippen molar-refractivity contribution in [3.63, 3.8) is 0 Å². The van der Waals surface area contributed by atoms with Gasteiger partial charge in [0.1, 0.15) is 0 Å². The van der Waals surface area contributed by atoms with Gasteiger partial charge in [-0.3, -0.25) is 0 Å². The Morgan fingerprint density at radius 1 is 1.31 bits per heavy atom. The van der Waals surface area contributed by atoms with Gasteiger partial charge >= 0.3 is 0 Å². The van der Waals surface area contributed by atoms with E-state index in [1.807, 2.05) is 6.07 Å². The van der Waals surface area contributed by atoms with E-state index in [2.05, 4.69) is 50.9 Å². The number of aryl methyl sites for hydroxylation is 1. The minimum Gasteiger partial charge on any atom is -0.0891 e. The highest BCUT2D eigenvalue weighted by atomic mass is 79.9. The molecule has 0 fully saturated rings. The predicted molar refractivity (Wildman–Crippen MR) is 79.7 cm³/mol. The molecule has 1 atom stereocenters. The molecule has 90 valence electrons. The van der Waals surface area contributed by atoms with E-state index in [9.17, 15) is 0 Å². The SMILES string of the molecule is CCCC(Br)CCCc1ccc(Br)cc1Cl. The van der Waals surface area contributed by atoms with Crippen molar-refractivity contribution >= 4 is 43.5 Å². The first-order valence-electron chi connectivity index (χ1n) is 5.71. The number of alkyl halides is 1. The summed E-state index contributed by atoms with van der Waals surface area (Å²) in [6.07, 6.45) is 5.98. The maximum absolute atomic E-state index is 6.16. The Morgan fingerprint density at radius 3 is 2.69 bits per heavy atom. The molecule has 1 unspecified atom stereocenters. The molecule has 0 spiro atoms. The summed E-state index contributed by atoms with van der Waals surface area (Å²) in [5, 5.41) is 0.871. The van der Waals surface area contributed by atoms with Gasteiger partial charge in [-0.1, -0.05) is 62.9 Å². The molecule has 0 radical (unpaired) electrons. The van der Waals surface area contributed by atoms with E-state index in [1.165, 1.54) is 31.2 Å². The summed E-state index contributed by atoms with van der Waals surface area (Å²) in [5.41, 5.74) is 1.25. The first-order chi connectivity index (χ1) is 7.63. The second-order valence-electron chi connectivity index (χ2n) is 4.01. The predicted octanol–water partition coefficient (Wildman–Crippen LogP) is 5.99. The van der Waals surface area contributed by atoms with Crippen molar-refractivity contribution in [3.05, 3.63) is 33.3 Å². The van der Waals surface area contributed by atoms with Crippen LogP contribution in [0.15, 0.2) is 22.7 Å². The Hall–Kier alpha value is 0.470. The van der Waals surface area contributed by atoms with Crippen LogP contribution < -0.4 is 0 Å². The summed E-state index contributed by atoms with van der Waals surface area (Å²) in [4.78, 5) is 0.659. The fourth-order valence-electron chi connectivity index (χ4n) is 1.70. The number of hydrogen-bond acceptors (Lipinski definition) is 0. The van der Waals surface area contributed by atoms with E-state index in [4.69, 9.17) is 11.6 Å². The third-order valence-electron chi connectivity index (χ3n) is 2.58. The maximum Gasteiger partial charge on any atom is 0.0449 e. The van der Waals surface area contributed by atoms with Gasteiger partial charge in [0.2, 0.25) is 0 Å². The van der Waals surface area contributed by atoms with Crippen molar-refractivity contribution in [2.45, 2.75) is 43.9 Å². The van der Waals surface area contributed by atoms with Crippen molar-refractivity contribution in [3.8, 4) is 0 Å². The molecule has 0 aliphatic carbocycles. The van der Waals surface area contributed by atoms with Crippen LogP contribution in [0.5, 0.6) is 0 Å². The number of benzene rings is 1. The van der Waals surface area contributed by atoms with Gasteiger partial charge in [0.05, 0.1) is 0 Å². The van der Waals surface area contributed by atoms with E-state index in [-0.39, 0.29) is 0 Å². The zero-order valence-electron chi connectivity index (χ0n) is 9.48. The highest BCUT2D eigenvalue weighted by molar-refractivity contribution is 9.10. The van der Waals surface area contributed by atoms with E-state index in [0.717, 1.165) is 15.9 Å². The topological polar surface area (TPSA) is 0 Å². The average molecular weight is 369 g/mol. The summed E-state index contributed by atoms with van der Waals surface area (Å²) in [5.74, 6) is 0. The Bertz CT molecular complexity index is 326. The second kappa shape index (κ2) is 7.73. The van der Waals surface area contributed by atoms with Gasteiger partial charge < -0.3 is 0 Å². The van der Waals surface area contributed by atoms with Gasteiger partial charge in [-0.25, -0.2) is 0 Å². The quantitative estimate of drug-likeness (QED) is 0.541. The Kier molecular flexibility index (Phi) is 7.02. The summed E-state index contributed by atoms with van der Waals surface area (Å²) >= 11 is 13.3. The first kappa shape index (κ1) is 14.5. The summed E-state index contributed by atoms with van der Waals surface area (Å²) in [6, 6.07) is 6.13. The van der Waals surface area contributed by atoms with E-state index in [1.54, 1.807) is 0 Å². The van der Waals surface area contributed by atoms with Crippen LogP contribution in [-0.2, 0) is 6.42 Å². The number of halogens is 3. The van der Waals surface area contributed by atoms with Gasteiger partial charge in [0, 0.05) is 14.3 Å². The van der Waals surface area contributed by atoms with Gasteiger partial charge in [0.15, 0.2) is 0 Å².